The molecule has 1 amide bonds. The van der Waals surface area contributed by atoms with E-state index in [0.29, 0.717) is 0 Å². The second kappa shape index (κ2) is 4.58. The van der Waals surface area contributed by atoms with Crippen LogP contribution in [0.4, 0.5) is 4.79 Å². The zero-order valence-electron chi connectivity index (χ0n) is 9.31. The lowest BCUT2D eigenvalue weighted by Crippen LogP contribution is -2.15. The summed E-state index contributed by atoms with van der Waals surface area (Å²) in [5, 5.41) is 2.42. The van der Waals surface area contributed by atoms with Gasteiger partial charge < -0.3 is 4.90 Å². The molecule has 16 heavy (non-hydrogen) atoms. The highest BCUT2D eigenvalue weighted by atomic mass is 32.2. The Morgan fingerprint density at radius 2 is 1.75 bits per heavy atom. The second-order valence-electron chi connectivity index (χ2n) is 3.77. The van der Waals surface area contributed by atoms with E-state index < -0.39 is 0 Å². The minimum Gasteiger partial charge on any atom is -0.339 e. The van der Waals surface area contributed by atoms with Gasteiger partial charge in [-0.05, 0) is 34.7 Å². The summed E-state index contributed by atoms with van der Waals surface area (Å²) < 4.78 is 0. The van der Waals surface area contributed by atoms with E-state index in [2.05, 4.69) is 12.1 Å². The highest BCUT2D eigenvalue weighted by molar-refractivity contribution is 8.13. The molecule has 2 aromatic rings. The SMILES string of the molecule is CN(C)C(=O)Sc1ccc2ccccc2c1. The van der Waals surface area contributed by atoms with Crippen LogP contribution in [-0.2, 0) is 0 Å². The molecular weight excluding hydrogens is 218 g/mol. The Bertz CT molecular complexity index is 522. The van der Waals surface area contributed by atoms with Crippen molar-refractivity contribution < 1.29 is 4.79 Å². The Morgan fingerprint density at radius 3 is 2.44 bits per heavy atom. The summed E-state index contributed by atoms with van der Waals surface area (Å²) in [6.07, 6.45) is 0. The minimum atomic E-state index is 0.0512. The maximum atomic E-state index is 11.5. The monoisotopic (exact) mass is 231 g/mol. The van der Waals surface area contributed by atoms with Crippen molar-refractivity contribution in [2.75, 3.05) is 14.1 Å². The Labute approximate surface area is 99.3 Å². The summed E-state index contributed by atoms with van der Waals surface area (Å²) in [7, 11) is 3.52. The number of hydrogen-bond donors (Lipinski definition) is 0. The molecule has 0 aliphatic rings. The first-order valence-electron chi connectivity index (χ1n) is 5.05. The lowest BCUT2D eigenvalue weighted by Gasteiger charge is -2.09. The largest absolute Gasteiger partial charge is 0.339 e. The molecular formula is C13H13NOS. The normalized spacial score (nSPS) is 10.4. The van der Waals surface area contributed by atoms with Gasteiger partial charge in [-0.3, -0.25) is 4.79 Å². The first kappa shape index (κ1) is 11.0. The molecule has 0 atom stereocenters. The number of rotatable bonds is 1. The third kappa shape index (κ3) is 2.36. The van der Waals surface area contributed by atoms with Gasteiger partial charge in [0.05, 0.1) is 0 Å². The van der Waals surface area contributed by atoms with Crippen LogP contribution in [0.3, 0.4) is 0 Å². The standard InChI is InChI=1S/C13H13NOS/c1-14(2)13(15)16-12-8-7-10-5-3-4-6-11(10)9-12/h3-9H,1-2H3. The molecule has 2 nitrogen and oxygen atoms in total. The number of nitrogens with zero attached hydrogens (tertiary/aromatic N) is 1. The fraction of sp³-hybridized carbons (Fsp3) is 0.154. The summed E-state index contributed by atoms with van der Waals surface area (Å²) in [4.78, 5) is 14.1. The molecule has 2 aromatic carbocycles. The summed E-state index contributed by atoms with van der Waals surface area (Å²) in [5.74, 6) is 0. The Hall–Kier alpha value is -1.48. The van der Waals surface area contributed by atoms with E-state index in [1.54, 1.807) is 19.0 Å². The molecule has 3 heteroatoms. The lowest BCUT2D eigenvalue weighted by atomic mass is 10.1. The van der Waals surface area contributed by atoms with Crippen LogP contribution in [0, 0.1) is 0 Å². The van der Waals surface area contributed by atoms with Crippen molar-refractivity contribution >= 4 is 27.8 Å². The number of carbonyl (C=O) groups excluding carboxylic acids is 1. The van der Waals surface area contributed by atoms with E-state index in [1.807, 2.05) is 30.3 Å². The molecule has 0 fully saturated rings. The topological polar surface area (TPSA) is 20.3 Å². The van der Waals surface area contributed by atoms with E-state index >= 15 is 0 Å². The van der Waals surface area contributed by atoms with Crippen LogP contribution in [0.1, 0.15) is 0 Å². The molecule has 0 aliphatic carbocycles. The van der Waals surface area contributed by atoms with Crippen LogP contribution in [0.25, 0.3) is 10.8 Å². The molecule has 0 radical (unpaired) electrons. The van der Waals surface area contributed by atoms with E-state index in [4.69, 9.17) is 0 Å². The van der Waals surface area contributed by atoms with Gasteiger partial charge in [-0.1, -0.05) is 30.3 Å². The Balaban J connectivity index is 2.29. The predicted molar refractivity (Wildman–Crippen MR) is 68.9 cm³/mol. The molecule has 2 rings (SSSR count). The Morgan fingerprint density at radius 1 is 1.06 bits per heavy atom. The molecule has 82 valence electrons. The van der Waals surface area contributed by atoms with E-state index in [-0.39, 0.29) is 5.24 Å². The average Bonchev–Trinajstić information content (AvgIpc) is 2.28. The first-order valence-corrected chi connectivity index (χ1v) is 5.86. The summed E-state index contributed by atoms with van der Waals surface area (Å²) >= 11 is 1.25. The number of thioether (sulfide) groups is 1. The van der Waals surface area contributed by atoms with Crippen molar-refractivity contribution in [1.29, 1.82) is 0 Å². The van der Waals surface area contributed by atoms with Gasteiger partial charge in [-0.2, -0.15) is 0 Å². The molecule has 0 N–H and O–H groups in total. The lowest BCUT2D eigenvalue weighted by molar-refractivity contribution is 0.241. The minimum absolute atomic E-state index is 0.0512. The van der Waals surface area contributed by atoms with Gasteiger partial charge in [-0.25, -0.2) is 0 Å². The maximum Gasteiger partial charge on any atom is 0.285 e. The molecule has 0 saturated heterocycles. The molecule has 0 spiro atoms. The average molecular weight is 231 g/mol. The molecule has 0 bridgehead atoms. The smallest absolute Gasteiger partial charge is 0.285 e. The van der Waals surface area contributed by atoms with Gasteiger partial charge in [0.1, 0.15) is 0 Å². The third-order valence-corrected chi connectivity index (χ3v) is 3.32. The van der Waals surface area contributed by atoms with E-state index in [1.165, 1.54) is 22.5 Å². The van der Waals surface area contributed by atoms with Crippen molar-refractivity contribution in [2.24, 2.45) is 0 Å². The third-order valence-electron chi connectivity index (χ3n) is 2.29. The summed E-state index contributed by atoms with van der Waals surface area (Å²) in [6, 6.07) is 14.2. The van der Waals surface area contributed by atoms with Crippen LogP contribution in [0.15, 0.2) is 47.4 Å². The van der Waals surface area contributed by atoms with E-state index in [9.17, 15) is 4.79 Å². The number of benzene rings is 2. The molecule has 0 aromatic heterocycles. The molecule has 0 heterocycles. The van der Waals surface area contributed by atoms with Crippen molar-refractivity contribution in [3.63, 3.8) is 0 Å². The van der Waals surface area contributed by atoms with E-state index in [0.717, 1.165) is 4.90 Å². The predicted octanol–water partition coefficient (Wildman–Crippen LogP) is 3.61. The van der Waals surface area contributed by atoms with Gasteiger partial charge in [0, 0.05) is 19.0 Å². The van der Waals surface area contributed by atoms with Crippen molar-refractivity contribution in [1.82, 2.24) is 4.90 Å². The van der Waals surface area contributed by atoms with Gasteiger partial charge in [0.15, 0.2) is 0 Å². The summed E-state index contributed by atoms with van der Waals surface area (Å²) in [5.41, 5.74) is 0. The fourth-order valence-electron chi connectivity index (χ4n) is 1.42. The quantitative estimate of drug-likeness (QED) is 0.699. The number of amides is 1. The van der Waals surface area contributed by atoms with Gasteiger partial charge in [0.2, 0.25) is 0 Å². The number of carbonyl (C=O) groups is 1. The number of fused-ring (bicyclic) bond motifs is 1. The van der Waals surface area contributed by atoms with Crippen LogP contribution < -0.4 is 0 Å². The highest BCUT2D eigenvalue weighted by Gasteiger charge is 2.06. The fourth-order valence-corrected chi connectivity index (χ4v) is 2.13. The van der Waals surface area contributed by atoms with Gasteiger partial charge in [-0.15, -0.1) is 0 Å². The Kier molecular flexibility index (Phi) is 3.15. The molecule has 0 saturated carbocycles. The van der Waals surface area contributed by atoms with Crippen LogP contribution >= 0.6 is 11.8 Å². The van der Waals surface area contributed by atoms with Crippen molar-refractivity contribution in [3.05, 3.63) is 42.5 Å². The second-order valence-corrected chi connectivity index (χ2v) is 4.80. The molecule has 0 aliphatic heterocycles. The highest BCUT2D eigenvalue weighted by Crippen LogP contribution is 2.24. The van der Waals surface area contributed by atoms with Crippen LogP contribution in [0.2, 0.25) is 0 Å². The maximum absolute atomic E-state index is 11.5. The van der Waals surface area contributed by atoms with Crippen LogP contribution in [0.5, 0.6) is 0 Å². The van der Waals surface area contributed by atoms with Crippen molar-refractivity contribution in [3.8, 4) is 0 Å². The summed E-state index contributed by atoms with van der Waals surface area (Å²) in [6.45, 7) is 0. The van der Waals surface area contributed by atoms with Gasteiger partial charge in [0.25, 0.3) is 5.24 Å². The van der Waals surface area contributed by atoms with Gasteiger partial charge >= 0.3 is 0 Å². The molecule has 0 unspecified atom stereocenters. The zero-order chi connectivity index (χ0) is 11.5. The zero-order valence-corrected chi connectivity index (χ0v) is 10.1. The first-order chi connectivity index (χ1) is 7.66. The van der Waals surface area contributed by atoms with Crippen molar-refractivity contribution in [2.45, 2.75) is 4.90 Å². The number of hydrogen-bond acceptors (Lipinski definition) is 2. The van der Waals surface area contributed by atoms with Crippen LogP contribution in [-0.4, -0.2) is 24.2 Å².